The number of nitrogens with zero attached hydrogens (tertiary/aromatic N) is 1. The van der Waals surface area contributed by atoms with Crippen LogP contribution in [0.2, 0.25) is 0 Å². The van der Waals surface area contributed by atoms with Gasteiger partial charge >= 0.3 is 0 Å². The number of hydrogen-bond donors (Lipinski definition) is 3. The fraction of sp³-hybridized carbons (Fsp3) is 0.353. The number of halogens is 3. The quantitative estimate of drug-likeness (QED) is 0.316. The van der Waals surface area contributed by atoms with Crippen LogP contribution in [-0.4, -0.2) is 24.7 Å². The molecule has 25 heavy (non-hydrogen) atoms. The predicted octanol–water partition coefficient (Wildman–Crippen LogP) is 3.68. The number of benzene rings is 1. The molecule has 0 spiro atoms. The van der Waals surface area contributed by atoms with Gasteiger partial charge in [-0.1, -0.05) is 15.9 Å². The largest absolute Gasteiger partial charge is 0.463 e. The van der Waals surface area contributed by atoms with E-state index in [4.69, 9.17) is 4.42 Å². The summed E-state index contributed by atoms with van der Waals surface area (Å²) in [6.07, 6.45) is 0. The molecule has 0 aliphatic carbocycles. The smallest absolute Gasteiger partial charge is 0.191 e. The van der Waals surface area contributed by atoms with Gasteiger partial charge in [-0.3, -0.25) is 4.99 Å². The van der Waals surface area contributed by atoms with Gasteiger partial charge < -0.3 is 20.2 Å². The SMILES string of the molecule is CN=C(NCc1cc(F)cc(Br)c1)NCC(C)(O)c1ccc(C)o1.I. The number of guanidine groups is 1. The lowest BCUT2D eigenvalue weighted by Gasteiger charge is -2.23. The van der Waals surface area contributed by atoms with Crippen LogP contribution >= 0.6 is 39.9 Å². The summed E-state index contributed by atoms with van der Waals surface area (Å²) < 4.78 is 19.5. The lowest BCUT2D eigenvalue weighted by atomic mass is 10.0. The number of aliphatic hydroxyl groups is 1. The first-order valence-corrected chi connectivity index (χ1v) is 8.28. The Morgan fingerprint density at radius 1 is 1.32 bits per heavy atom. The highest BCUT2D eigenvalue weighted by atomic mass is 127. The van der Waals surface area contributed by atoms with Crippen molar-refractivity contribution in [2.45, 2.75) is 26.0 Å². The van der Waals surface area contributed by atoms with Crippen LogP contribution in [-0.2, 0) is 12.1 Å². The Morgan fingerprint density at radius 3 is 2.60 bits per heavy atom. The van der Waals surface area contributed by atoms with Crippen molar-refractivity contribution in [1.82, 2.24) is 10.6 Å². The number of aliphatic imine (C=N–C) groups is 1. The summed E-state index contributed by atoms with van der Waals surface area (Å²) in [4.78, 5) is 4.10. The molecule has 1 aromatic heterocycles. The van der Waals surface area contributed by atoms with E-state index in [1.165, 1.54) is 12.1 Å². The molecule has 5 nitrogen and oxygen atoms in total. The molecular weight excluding hydrogens is 504 g/mol. The summed E-state index contributed by atoms with van der Waals surface area (Å²) >= 11 is 3.26. The topological polar surface area (TPSA) is 69.8 Å². The van der Waals surface area contributed by atoms with Crippen LogP contribution in [0.1, 0.15) is 24.0 Å². The van der Waals surface area contributed by atoms with Crippen LogP contribution in [0.25, 0.3) is 0 Å². The van der Waals surface area contributed by atoms with Crippen LogP contribution < -0.4 is 10.6 Å². The van der Waals surface area contributed by atoms with Crippen LogP contribution in [0.15, 0.2) is 44.2 Å². The molecule has 0 amide bonds. The Kier molecular flexibility index (Phi) is 8.36. The summed E-state index contributed by atoms with van der Waals surface area (Å²) in [7, 11) is 1.63. The molecule has 0 radical (unpaired) electrons. The number of hydrogen-bond acceptors (Lipinski definition) is 3. The molecule has 0 saturated heterocycles. The molecule has 3 N–H and O–H groups in total. The second kappa shape index (κ2) is 9.54. The van der Waals surface area contributed by atoms with E-state index in [0.717, 1.165) is 11.3 Å². The van der Waals surface area contributed by atoms with Gasteiger partial charge in [0.2, 0.25) is 0 Å². The van der Waals surface area contributed by atoms with Crippen molar-refractivity contribution in [3.05, 3.63) is 57.7 Å². The maximum atomic E-state index is 13.4. The van der Waals surface area contributed by atoms with Crippen molar-refractivity contribution in [2.75, 3.05) is 13.6 Å². The van der Waals surface area contributed by atoms with E-state index < -0.39 is 5.60 Å². The molecule has 1 atom stereocenters. The van der Waals surface area contributed by atoms with E-state index in [1.54, 1.807) is 26.1 Å². The van der Waals surface area contributed by atoms with Crippen LogP contribution in [0.4, 0.5) is 4.39 Å². The van der Waals surface area contributed by atoms with E-state index >= 15 is 0 Å². The maximum absolute atomic E-state index is 13.4. The molecule has 138 valence electrons. The summed E-state index contributed by atoms with van der Waals surface area (Å²) in [6, 6.07) is 8.23. The summed E-state index contributed by atoms with van der Waals surface area (Å²) in [5.41, 5.74) is -0.397. The predicted molar refractivity (Wildman–Crippen MR) is 111 cm³/mol. The minimum absolute atomic E-state index is 0. The van der Waals surface area contributed by atoms with Gasteiger partial charge in [0.05, 0.1) is 6.54 Å². The molecule has 0 fully saturated rings. The molecule has 8 heteroatoms. The van der Waals surface area contributed by atoms with Gasteiger partial charge in [0, 0.05) is 18.1 Å². The van der Waals surface area contributed by atoms with Crippen LogP contribution in [0.3, 0.4) is 0 Å². The molecule has 2 aromatic rings. The van der Waals surface area contributed by atoms with E-state index in [0.29, 0.717) is 22.7 Å². The first kappa shape index (κ1) is 21.9. The average Bonchev–Trinajstić information content (AvgIpc) is 2.94. The van der Waals surface area contributed by atoms with Gasteiger partial charge in [-0.05, 0) is 49.7 Å². The Bertz CT molecular complexity index is 714. The van der Waals surface area contributed by atoms with Crippen molar-refractivity contribution in [2.24, 2.45) is 4.99 Å². The first-order valence-electron chi connectivity index (χ1n) is 7.49. The lowest BCUT2D eigenvalue weighted by Crippen LogP contribution is -2.44. The molecule has 0 aliphatic heterocycles. The molecular formula is C17H22BrFIN3O2. The normalized spacial score (nSPS) is 13.8. The average molecular weight is 526 g/mol. The van der Waals surface area contributed by atoms with Crippen molar-refractivity contribution < 1.29 is 13.9 Å². The molecule has 2 rings (SSSR count). The molecule has 0 aliphatic rings. The van der Waals surface area contributed by atoms with Crippen molar-refractivity contribution >= 4 is 45.9 Å². The van der Waals surface area contributed by atoms with Crippen LogP contribution in [0, 0.1) is 12.7 Å². The molecule has 0 bridgehead atoms. The van der Waals surface area contributed by atoms with E-state index in [9.17, 15) is 9.50 Å². The van der Waals surface area contributed by atoms with Crippen molar-refractivity contribution in [3.8, 4) is 0 Å². The third-order valence-electron chi connectivity index (χ3n) is 3.48. The van der Waals surface area contributed by atoms with E-state index in [1.807, 2.05) is 13.0 Å². The number of nitrogens with one attached hydrogen (secondary N) is 2. The van der Waals surface area contributed by atoms with Gasteiger partial charge in [0.25, 0.3) is 0 Å². The third-order valence-corrected chi connectivity index (χ3v) is 3.93. The Morgan fingerprint density at radius 2 is 2.04 bits per heavy atom. The van der Waals surface area contributed by atoms with Gasteiger partial charge in [-0.2, -0.15) is 0 Å². The molecule has 0 saturated carbocycles. The monoisotopic (exact) mass is 525 g/mol. The first-order chi connectivity index (χ1) is 11.3. The summed E-state index contributed by atoms with van der Waals surface area (Å²) in [5.74, 6) is 1.42. The zero-order valence-electron chi connectivity index (χ0n) is 14.3. The van der Waals surface area contributed by atoms with E-state index in [-0.39, 0.29) is 36.3 Å². The fourth-order valence-electron chi connectivity index (χ4n) is 2.19. The minimum atomic E-state index is -1.17. The highest BCUT2D eigenvalue weighted by Gasteiger charge is 2.27. The zero-order chi connectivity index (χ0) is 17.7. The highest BCUT2D eigenvalue weighted by Crippen LogP contribution is 2.21. The van der Waals surface area contributed by atoms with Gasteiger partial charge in [0.15, 0.2) is 5.96 Å². The van der Waals surface area contributed by atoms with Gasteiger partial charge in [0.1, 0.15) is 22.9 Å². The Balaban J connectivity index is 0.00000312. The zero-order valence-corrected chi connectivity index (χ0v) is 18.2. The second-order valence-electron chi connectivity index (χ2n) is 5.74. The van der Waals surface area contributed by atoms with E-state index in [2.05, 4.69) is 31.6 Å². The Hall–Kier alpha value is -1.13. The Labute approximate surface area is 172 Å². The number of aryl methyl sites for hydroxylation is 1. The molecule has 1 aromatic carbocycles. The third kappa shape index (κ3) is 6.59. The fourth-order valence-corrected chi connectivity index (χ4v) is 2.70. The number of rotatable bonds is 5. The number of furan rings is 1. The lowest BCUT2D eigenvalue weighted by molar-refractivity contribution is 0.0378. The van der Waals surface area contributed by atoms with Gasteiger partial charge in [-0.25, -0.2) is 4.39 Å². The highest BCUT2D eigenvalue weighted by molar-refractivity contribution is 14.0. The van der Waals surface area contributed by atoms with Crippen molar-refractivity contribution in [3.63, 3.8) is 0 Å². The standard InChI is InChI=1S/C17H21BrFN3O2.HI/c1-11-4-5-15(24-11)17(2,23)10-22-16(20-3)21-9-12-6-13(18)8-14(19)7-12;/h4-8,23H,9-10H2,1-3H3,(H2,20,21,22);1H. The van der Waals surface area contributed by atoms with Crippen LogP contribution in [0.5, 0.6) is 0 Å². The summed E-state index contributed by atoms with van der Waals surface area (Å²) in [6.45, 7) is 4.10. The maximum Gasteiger partial charge on any atom is 0.191 e. The second-order valence-corrected chi connectivity index (χ2v) is 6.66. The molecule has 1 unspecified atom stereocenters. The minimum Gasteiger partial charge on any atom is -0.463 e. The summed E-state index contributed by atoms with van der Waals surface area (Å²) in [5, 5.41) is 16.6. The molecule has 1 heterocycles. The van der Waals surface area contributed by atoms with Gasteiger partial charge in [-0.15, -0.1) is 24.0 Å². The van der Waals surface area contributed by atoms with Crippen molar-refractivity contribution in [1.29, 1.82) is 0 Å².